The number of esters is 1. The Morgan fingerprint density at radius 1 is 1.16 bits per heavy atom. The van der Waals surface area contributed by atoms with Crippen LogP contribution in [0.15, 0.2) is 52.1 Å². The minimum absolute atomic E-state index is 0.101. The van der Waals surface area contributed by atoms with Crippen molar-refractivity contribution in [2.45, 2.75) is 10.3 Å². The summed E-state index contributed by atoms with van der Waals surface area (Å²) in [5.74, 6) is -1.26. The predicted molar refractivity (Wildman–Crippen MR) is 93.5 cm³/mol. The smallest absolute Gasteiger partial charge is 0.322 e. The van der Waals surface area contributed by atoms with Crippen LogP contribution < -0.4 is 4.72 Å². The third-order valence-corrected chi connectivity index (χ3v) is 5.98. The van der Waals surface area contributed by atoms with E-state index in [2.05, 4.69) is 4.72 Å². The number of hydrogen-bond acceptors (Lipinski definition) is 6. The van der Waals surface area contributed by atoms with E-state index in [1.165, 1.54) is 11.0 Å². The maximum atomic E-state index is 12.3. The van der Waals surface area contributed by atoms with E-state index in [4.69, 9.17) is 4.74 Å². The number of ether oxygens (including phenoxy) is 1. The number of sulfonamides is 1. The zero-order chi connectivity index (χ0) is 18.4. The van der Waals surface area contributed by atoms with Gasteiger partial charge >= 0.3 is 5.97 Å². The maximum Gasteiger partial charge on any atom is 0.322 e. The van der Waals surface area contributed by atoms with E-state index in [9.17, 15) is 18.0 Å². The van der Waals surface area contributed by atoms with E-state index < -0.39 is 34.5 Å². The summed E-state index contributed by atoms with van der Waals surface area (Å²) in [4.78, 5) is 25.6. The lowest BCUT2D eigenvalue weighted by Gasteiger charge is -2.21. The molecule has 1 atom stereocenters. The molecule has 1 aromatic heterocycles. The molecule has 0 saturated carbocycles. The highest BCUT2D eigenvalue weighted by Gasteiger charge is 2.27. The van der Waals surface area contributed by atoms with Gasteiger partial charge in [-0.05, 0) is 11.4 Å². The summed E-state index contributed by atoms with van der Waals surface area (Å²) >= 11 is 1.04. The van der Waals surface area contributed by atoms with Gasteiger partial charge in [-0.1, -0.05) is 36.4 Å². The molecule has 1 unspecified atom stereocenters. The van der Waals surface area contributed by atoms with Crippen LogP contribution in [0.1, 0.15) is 11.7 Å². The highest BCUT2D eigenvalue weighted by molar-refractivity contribution is 7.91. The monoisotopic (exact) mass is 382 g/mol. The van der Waals surface area contributed by atoms with Crippen molar-refractivity contribution in [3.05, 3.63) is 53.4 Å². The lowest BCUT2D eigenvalue weighted by Crippen LogP contribution is -2.35. The summed E-state index contributed by atoms with van der Waals surface area (Å²) in [6.45, 7) is -0.565. The first-order chi connectivity index (χ1) is 11.8. The van der Waals surface area contributed by atoms with Crippen LogP contribution in [-0.2, 0) is 24.3 Å². The first-order valence-electron chi connectivity index (χ1n) is 7.30. The zero-order valence-electron chi connectivity index (χ0n) is 13.7. The van der Waals surface area contributed by atoms with Crippen LogP contribution in [0.25, 0.3) is 0 Å². The second-order valence-corrected chi connectivity index (χ2v) is 8.21. The first-order valence-corrected chi connectivity index (χ1v) is 9.66. The highest BCUT2D eigenvalue weighted by Crippen LogP contribution is 2.20. The van der Waals surface area contributed by atoms with Crippen LogP contribution in [0, 0.1) is 0 Å². The van der Waals surface area contributed by atoms with Gasteiger partial charge in [0.2, 0.25) is 6.10 Å². The molecule has 0 spiro atoms. The van der Waals surface area contributed by atoms with Gasteiger partial charge < -0.3 is 9.64 Å². The van der Waals surface area contributed by atoms with Crippen LogP contribution in [0.5, 0.6) is 0 Å². The Morgan fingerprint density at radius 3 is 2.40 bits per heavy atom. The van der Waals surface area contributed by atoms with Gasteiger partial charge in [0.1, 0.15) is 10.8 Å². The van der Waals surface area contributed by atoms with Crippen LogP contribution in [-0.4, -0.2) is 45.8 Å². The van der Waals surface area contributed by atoms with Gasteiger partial charge in [0.15, 0.2) is 0 Å². The van der Waals surface area contributed by atoms with Crippen molar-refractivity contribution in [1.29, 1.82) is 0 Å². The molecule has 1 heterocycles. The molecule has 0 aliphatic rings. The molecule has 0 bridgehead atoms. The van der Waals surface area contributed by atoms with Crippen LogP contribution in [0.3, 0.4) is 0 Å². The standard InChI is InChI=1S/C16H18N2O5S2/c1-18(2)16(20)15(12-7-4-3-5-8-12)23-13(19)11-17-25(21,22)14-9-6-10-24-14/h3-10,15,17H,11H2,1-2H3. The van der Waals surface area contributed by atoms with Crippen LogP contribution in [0.4, 0.5) is 0 Å². The molecule has 25 heavy (non-hydrogen) atoms. The van der Waals surface area contributed by atoms with Crippen molar-refractivity contribution < 1.29 is 22.7 Å². The molecule has 0 saturated heterocycles. The molecule has 0 fully saturated rings. The van der Waals surface area contributed by atoms with Crippen molar-refractivity contribution in [2.24, 2.45) is 0 Å². The summed E-state index contributed by atoms with van der Waals surface area (Å²) in [5, 5.41) is 1.62. The number of carbonyl (C=O) groups is 2. The molecular formula is C16H18N2O5S2. The predicted octanol–water partition coefficient (Wildman–Crippen LogP) is 1.40. The molecule has 7 nitrogen and oxygen atoms in total. The first kappa shape index (κ1) is 19.1. The Bertz CT molecular complexity index is 817. The second kappa shape index (κ2) is 8.24. The van der Waals surface area contributed by atoms with E-state index in [0.29, 0.717) is 5.56 Å². The van der Waals surface area contributed by atoms with Gasteiger partial charge in [0.25, 0.3) is 15.9 Å². The number of nitrogens with one attached hydrogen (secondary N) is 1. The average molecular weight is 382 g/mol. The number of nitrogens with zero attached hydrogens (tertiary/aromatic N) is 1. The van der Waals surface area contributed by atoms with Gasteiger partial charge in [0, 0.05) is 19.7 Å². The Kier molecular flexibility index (Phi) is 6.29. The fraction of sp³-hybridized carbons (Fsp3) is 0.250. The van der Waals surface area contributed by atoms with Crippen molar-refractivity contribution in [3.8, 4) is 0 Å². The number of amides is 1. The molecule has 134 valence electrons. The molecule has 9 heteroatoms. The average Bonchev–Trinajstić information content (AvgIpc) is 3.13. The molecule has 0 radical (unpaired) electrons. The molecule has 1 N–H and O–H groups in total. The SMILES string of the molecule is CN(C)C(=O)C(OC(=O)CNS(=O)(=O)c1cccs1)c1ccccc1. The third kappa shape index (κ3) is 5.12. The zero-order valence-corrected chi connectivity index (χ0v) is 15.3. The van der Waals surface area contributed by atoms with Gasteiger partial charge in [-0.25, -0.2) is 8.42 Å². The molecule has 1 amide bonds. The molecular weight excluding hydrogens is 364 g/mol. The Morgan fingerprint density at radius 2 is 1.84 bits per heavy atom. The van der Waals surface area contributed by atoms with E-state index in [-0.39, 0.29) is 4.21 Å². The lowest BCUT2D eigenvalue weighted by atomic mass is 10.1. The normalized spacial score (nSPS) is 12.4. The number of benzene rings is 1. The van der Waals surface area contributed by atoms with Crippen molar-refractivity contribution in [2.75, 3.05) is 20.6 Å². The summed E-state index contributed by atoms with van der Waals surface area (Å²) < 4.78 is 31.5. The summed E-state index contributed by atoms with van der Waals surface area (Å²) in [7, 11) is -0.682. The topological polar surface area (TPSA) is 92.8 Å². The summed E-state index contributed by atoms with van der Waals surface area (Å²) in [5.41, 5.74) is 0.510. The summed E-state index contributed by atoms with van der Waals surface area (Å²) in [6.07, 6.45) is -1.13. The Balaban J connectivity index is 2.06. The third-order valence-electron chi connectivity index (χ3n) is 3.18. The van der Waals surface area contributed by atoms with Crippen molar-refractivity contribution in [3.63, 3.8) is 0 Å². The maximum absolute atomic E-state index is 12.3. The Hall–Kier alpha value is -2.23. The number of hydrogen-bond donors (Lipinski definition) is 1. The largest absolute Gasteiger partial charge is 0.446 e. The Labute approximate surface area is 150 Å². The van der Waals surface area contributed by atoms with Gasteiger partial charge in [-0.15, -0.1) is 11.3 Å². The van der Waals surface area contributed by atoms with Crippen molar-refractivity contribution in [1.82, 2.24) is 9.62 Å². The van der Waals surface area contributed by atoms with Crippen molar-refractivity contribution >= 4 is 33.2 Å². The molecule has 2 aromatic rings. The second-order valence-electron chi connectivity index (χ2n) is 5.27. The molecule has 0 aliphatic heterocycles. The van der Waals surface area contributed by atoms with E-state index in [1.807, 2.05) is 0 Å². The minimum atomic E-state index is -3.78. The fourth-order valence-electron chi connectivity index (χ4n) is 1.94. The molecule has 0 aliphatic carbocycles. The van der Waals surface area contributed by atoms with Gasteiger partial charge in [0.05, 0.1) is 0 Å². The minimum Gasteiger partial charge on any atom is -0.446 e. The van der Waals surface area contributed by atoms with E-state index in [0.717, 1.165) is 11.3 Å². The van der Waals surface area contributed by atoms with E-state index in [1.54, 1.807) is 55.9 Å². The van der Waals surface area contributed by atoms with Gasteiger partial charge in [-0.2, -0.15) is 4.72 Å². The fourth-order valence-corrected chi connectivity index (χ4v) is 3.94. The van der Waals surface area contributed by atoms with E-state index >= 15 is 0 Å². The lowest BCUT2D eigenvalue weighted by molar-refractivity contribution is -0.158. The molecule has 2 rings (SSSR count). The number of carbonyl (C=O) groups excluding carboxylic acids is 2. The number of thiophene rings is 1. The van der Waals surface area contributed by atoms with Crippen LogP contribution >= 0.6 is 11.3 Å². The number of likely N-dealkylation sites (N-methyl/N-ethyl adjacent to an activating group) is 1. The quantitative estimate of drug-likeness (QED) is 0.731. The molecule has 1 aromatic carbocycles. The van der Waals surface area contributed by atoms with Gasteiger partial charge in [-0.3, -0.25) is 9.59 Å². The van der Waals surface area contributed by atoms with Crippen LogP contribution in [0.2, 0.25) is 0 Å². The number of rotatable bonds is 7. The summed E-state index contributed by atoms with van der Waals surface area (Å²) in [6, 6.07) is 11.6. The highest BCUT2D eigenvalue weighted by atomic mass is 32.2.